The van der Waals surface area contributed by atoms with Gasteiger partial charge < -0.3 is 5.32 Å². The molecule has 1 N–H and O–H groups in total. The number of nitrogens with one attached hydrogen (secondary N) is 1. The van der Waals surface area contributed by atoms with Gasteiger partial charge in [0.1, 0.15) is 0 Å². The standard InChI is InChI=1S/C11H18F3NO/c1-15-10(16)7-6-8-4-2-3-5-9(8)11(12,13)14/h8-9H,2-7H2,1H3,(H,15,16). The Morgan fingerprint density at radius 2 is 1.94 bits per heavy atom. The second kappa shape index (κ2) is 5.55. The Kier molecular flexibility index (Phi) is 4.62. The Morgan fingerprint density at radius 3 is 2.50 bits per heavy atom. The van der Waals surface area contributed by atoms with Gasteiger partial charge in [-0.15, -0.1) is 0 Å². The summed E-state index contributed by atoms with van der Waals surface area (Å²) in [5.74, 6) is -1.75. The van der Waals surface area contributed by atoms with Crippen LogP contribution >= 0.6 is 0 Å². The van der Waals surface area contributed by atoms with Crippen molar-refractivity contribution >= 4 is 5.91 Å². The number of carbonyl (C=O) groups is 1. The van der Waals surface area contributed by atoms with E-state index in [4.69, 9.17) is 0 Å². The molecule has 5 heteroatoms. The molecule has 0 radical (unpaired) electrons. The second-order valence-corrected chi connectivity index (χ2v) is 4.40. The van der Waals surface area contributed by atoms with Crippen molar-refractivity contribution in [3.63, 3.8) is 0 Å². The third kappa shape index (κ3) is 3.68. The summed E-state index contributed by atoms with van der Waals surface area (Å²) in [6, 6.07) is 0. The highest BCUT2D eigenvalue weighted by molar-refractivity contribution is 5.75. The van der Waals surface area contributed by atoms with Crippen LogP contribution in [-0.4, -0.2) is 19.1 Å². The van der Waals surface area contributed by atoms with Crippen LogP contribution in [-0.2, 0) is 4.79 Å². The van der Waals surface area contributed by atoms with Crippen LogP contribution in [0.4, 0.5) is 13.2 Å². The van der Waals surface area contributed by atoms with Gasteiger partial charge in [0.2, 0.25) is 5.91 Å². The fourth-order valence-corrected chi connectivity index (χ4v) is 2.43. The van der Waals surface area contributed by atoms with E-state index in [2.05, 4.69) is 5.32 Å². The van der Waals surface area contributed by atoms with Crippen LogP contribution in [0.1, 0.15) is 38.5 Å². The van der Waals surface area contributed by atoms with Crippen molar-refractivity contribution in [2.75, 3.05) is 7.05 Å². The topological polar surface area (TPSA) is 29.1 Å². The van der Waals surface area contributed by atoms with Gasteiger partial charge in [-0.3, -0.25) is 4.79 Å². The molecule has 2 unspecified atom stereocenters. The summed E-state index contributed by atoms with van der Waals surface area (Å²) in [4.78, 5) is 11.0. The molecule has 0 spiro atoms. The van der Waals surface area contributed by atoms with Crippen molar-refractivity contribution < 1.29 is 18.0 Å². The summed E-state index contributed by atoms with van der Waals surface area (Å²) in [7, 11) is 1.50. The molecule has 2 nitrogen and oxygen atoms in total. The molecule has 0 saturated heterocycles. The largest absolute Gasteiger partial charge is 0.392 e. The van der Waals surface area contributed by atoms with Crippen molar-refractivity contribution in [2.24, 2.45) is 11.8 Å². The quantitative estimate of drug-likeness (QED) is 0.803. The molecule has 1 aliphatic rings. The normalized spacial score (nSPS) is 26.5. The van der Waals surface area contributed by atoms with Crippen LogP contribution in [0.5, 0.6) is 0 Å². The van der Waals surface area contributed by atoms with Crippen molar-refractivity contribution in [3.05, 3.63) is 0 Å². The van der Waals surface area contributed by atoms with Gasteiger partial charge in [-0.2, -0.15) is 13.2 Å². The van der Waals surface area contributed by atoms with Gasteiger partial charge >= 0.3 is 6.18 Å². The van der Waals surface area contributed by atoms with E-state index in [0.29, 0.717) is 19.3 Å². The average Bonchev–Trinajstić information content (AvgIpc) is 2.25. The first-order valence-corrected chi connectivity index (χ1v) is 5.72. The summed E-state index contributed by atoms with van der Waals surface area (Å²) in [5, 5.41) is 2.44. The van der Waals surface area contributed by atoms with Crippen molar-refractivity contribution in [1.82, 2.24) is 5.32 Å². The first-order chi connectivity index (χ1) is 7.45. The summed E-state index contributed by atoms with van der Waals surface area (Å²) >= 11 is 0. The smallest absolute Gasteiger partial charge is 0.359 e. The molecule has 0 bridgehead atoms. The molecule has 16 heavy (non-hydrogen) atoms. The van der Waals surface area contributed by atoms with Crippen LogP contribution in [0.25, 0.3) is 0 Å². The first kappa shape index (κ1) is 13.3. The third-order valence-electron chi connectivity index (χ3n) is 3.35. The zero-order valence-corrected chi connectivity index (χ0v) is 9.44. The molecular formula is C11H18F3NO. The van der Waals surface area contributed by atoms with Crippen LogP contribution in [0.2, 0.25) is 0 Å². The number of hydrogen-bond acceptors (Lipinski definition) is 1. The van der Waals surface area contributed by atoms with Gasteiger partial charge in [0, 0.05) is 13.5 Å². The third-order valence-corrected chi connectivity index (χ3v) is 3.35. The Balaban J connectivity index is 2.51. The summed E-state index contributed by atoms with van der Waals surface area (Å²) in [6.07, 6.45) is -1.22. The highest BCUT2D eigenvalue weighted by Gasteiger charge is 2.44. The van der Waals surface area contributed by atoms with Gasteiger partial charge in [-0.1, -0.05) is 12.8 Å². The van der Waals surface area contributed by atoms with Crippen LogP contribution < -0.4 is 5.32 Å². The van der Waals surface area contributed by atoms with E-state index in [0.717, 1.165) is 6.42 Å². The van der Waals surface area contributed by atoms with E-state index in [1.807, 2.05) is 0 Å². The molecule has 0 aromatic carbocycles. The molecule has 1 rings (SSSR count). The lowest BCUT2D eigenvalue weighted by molar-refractivity contribution is -0.197. The molecule has 1 aliphatic carbocycles. The van der Waals surface area contributed by atoms with E-state index in [-0.39, 0.29) is 24.7 Å². The Hall–Kier alpha value is -0.740. The first-order valence-electron chi connectivity index (χ1n) is 5.72. The predicted molar refractivity (Wildman–Crippen MR) is 54.8 cm³/mol. The minimum Gasteiger partial charge on any atom is -0.359 e. The number of rotatable bonds is 3. The maximum Gasteiger partial charge on any atom is 0.392 e. The summed E-state index contributed by atoms with van der Waals surface area (Å²) < 4.78 is 38.1. The molecule has 0 heterocycles. The van der Waals surface area contributed by atoms with E-state index in [1.54, 1.807) is 0 Å². The van der Waals surface area contributed by atoms with Gasteiger partial charge in [-0.05, 0) is 25.2 Å². The molecule has 94 valence electrons. The lowest BCUT2D eigenvalue weighted by Crippen LogP contribution is -2.33. The fraction of sp³-hybridized carbons (Fsp3) is 0.909. The number of hydrogen-bond donors (Lipinski definition) is 1. The Labute approximate surface area is 93.6 Å². The molecule has 1 amide bonds. The maximum atomic E-state index is 12.7. The van der Waals surface area contributed by atoms with Crippen molar-refractivity contribution in [3.8, 4) is 0 Å². The number of halogens is 3. The number of carbonyl (C=O) groups excluding carboxylic acids is 1. The zero-order chi connectivity index (χ0) is 12.2. The van der Waals surface area contributed by atoms with Crippen LogP contribution in [0.15, 0.2) is 0 Å². The van der Waals surface area contributed by atoms with Crippen molar-refractivity contribution in [2.45, 2.75) is 44.7 Å². The van der Waals surface area contributed by atoms with Gasteiger partial charge in [0.25, 0.3) is 0 Å². The molecule has 1 fully saturated rings. The van der Waals surface area contributed by atoms with Crippen molar-refractivity contribution in [1.29, 1.82) is 0 Å². The van der Waals surface area contributed by atoms with E-state index in [9.17, 15) is 18.0 Å². The van der Waals surface area contributed by atoms with E-state index >= 15 is 0 Å². The fourth-order valence-electron chi connectivity index (χ4n) is 2.43. The number of alkyl halides is 3. The Bertz CT molecular complexity index is 240. The maximum absolute atomic E-state index is 12.7. The highest BCUT2D eigenvalue weighted by atomic mass is 19.4. The molecule has 0 aromatic rings. The van der Waals surface area contributed by atoms with Gasteiger partial charge in [-0.25, -0.2) is 0 Å². The lowest BCUT2D eigenvalue weighted by Gasteiger charge is -2.32. The van der Waals surface area contributed by atoms with Crippen LogP contribution in [0.3, 0.4) is 0 Å². The van der Waals surface area contributed by atoms with E-state index < -0.39 is 12.1 Å². The van der Waals surface area contributed by atoms with Gasteiger partial charge in [0.05, 0.1) is 5.92 Å². The summed E-state index contributed by atoms with van der Waals surface area (Å²) in [5.41, 5.74) is 0. The molecule has 0 aliphatic heterocycles. The molecule has 2 atom stereocenters. The van der Waals surface area contributed by atoms with Gasteiger partial charge in [0.15, 0.2) is 0 Å². The van der Waals surface area contributed by atoms with Crippen LogP contribution in [0, 0.1) is 11.8 Å². The Morgan fingerprint density at radius 1 is 1.31 bits per heavy atom. The monoisotopic (exact) mass is 237 g/mol. The lowest BCUT2D eigenvalue weighted by atomic mass is 9.76. The molecule has 1 saturated carbocycles. The predicted octanol–water partition coefficient (Wildman–Crippen LogP) is 2.88. The average molecular weight is 237 g/mol. The minimum absolute atomic E-state index is 0.175. The highest BCUT2D eigenvalue weighted by Crippen LogP contribution is 2.43. The second-order valence-electron chi connectivity index (χ2n) is 4.40. The van der Waals surface area contributed by atoms with E-state index in [1.165, 1.54) is 7.05 Å². The molecule has 0 aromatic heterocycles. The SMILES string of the molecule is CNC(=O)CCC1CCCCC1C(F)(F)F. The summed E-state index contributed by atoms with van der Waals surface area (Å²) in [6.45, 7) is 0. The minimum atomic E-state index is -4.10. The zero-order valence-electron chi connectivity index (χ0n) is 9.44. The number of amides is 1. The molecular weight excluding hydrogens is 219 g/mol.